The Morgan fingerprint density at radius 2 is 1.81 bits per heavy atom. The second-order valence-corrected chi connectivity index (χ2v) is 7.35. The second kappa shape index (κ2) is 6.72. The Morgan fingerprint density at radius 3 is 2.50 bits per heavy atom. The number of aliphatic hydroxyl groups excluding tert-OH is 1. The molecule has 1 aromatic carbocycles. The van der Waals surface area contributed by atoms with Crippen molar-refractivity contribution in [1.29, 1.82) is 0 Å². The number of aliphatic hydroxyl groups is 1. The van der Waals surface area contributed by atoms with Crippen molar-refractivity contribution in [2.75, 3.05) is 11.4 Å². The first-order valence-electron chi connectivity index (χ1n) is 9.25. The molecule has 26 heavy (non-hydrogen) atoms. The number of imide groups is 1. The van der Waals surface area contributed by atoms with Crippen molar-refractivity contribution in [1.82, 2.24) is 10.2 Å². The molecule has 3 atom stereocenters. The van der Waals surface area contributed by atoms with Crippen LogP contribution in [-0.4, -0.2) is 52.6 Å². The third-order valence-corrected chi connectivity index (χ3v) is 5.66. The van der Waals surface area contributed by atoms with Gasteiger partial charge >= 0.3 is 6.03 Å². The molecule has 7 nitrogen and oxygen atoms in total. The molecule has 4 amide bonds. The van der Waals surface area contributed by atoms with Gasteiger partial charge in [0, 0.05) is 25.0 Å². The van der Waals surface area contributed by atoms with Gasteiger partial charge in [0.05, 0.1) is 17.4 Å². The second-order valence-electron chi connectivity index (χ2n) is 7.35. The number of rotatable bonds is 2. The number of amides is 4. The number of nitrogens with zero attached hydrogens (tertiary/aromatic N) is 2. The Labute approximate surface area is 152 Å². The summed E-state index contributed by atoms with van der Waals surface area (Å²) >= 11 is 0. The van der Waals surface area contributed by atoms with Crippen molar-refractivity contribution in [2.24, 2.45) is 0 Å². The number of anilines is 1. The van der Waals surface area contributed by atoms with Gasteiger partial charge in [-0.25, -0.2) is 4.79 Å². The number of piperidine rings is 2. The van der Waals surface area contributed by atoms with E-state index in [0.717, 1.165) is 19.3 Å². The number of nitrogens with one attached hydrogen (secondary N) is 1. The highest BCUT2D eigenvalue weighted by Crippen LogP contribution is 2.36. The van der Waals surface area contributed by atoms with Gasteiger partial charge in [-0.15, -0.1) is 0 Å². The Hall–Kier alpha value is -2.41. The van der Waals surface area contributed by atoms with Crippen molar-refractivity contribution in [2.45, 2.75) is 56.7 Å². The molecular weight excluding hydrogens is 334 g/mol. The van der Waals surface area contributed by atoms with Crippen LogP contribution in [0.2, 0.25) is 0 Å². The Kier molecular flexibility index (Phi) is 4.40. The minimum Gasteiger partial charge on any atom is -0.393 e. The number of benzene rings is 1. The molecule has 3 saturated heterocycles. The molecule has 0 saturated carbocycles. The zero-order chi connectivity index (χ0) is 18.3. The van der Waals surface area contributed by atoms with Crippen molar-refractivity contribution in [3.8, 4) is 0 Å². The van der Waals surface area contributed by atoms with E-state index in [9.17, 15) is 19.5 Å². The summed E-state index contributed by atoms with van der Waals surface area (Å²) in [7, 11) is 0. The zero-order valence-electron chi connectivity index (χ0n) is 14.6. The number of fused-ring (bicyclic) bond motifs is 2. The van der Waals surface area contributed by atoms with Gasteiger partial charge in [0.2, 0.25) is 5.91 Å². The molecule has 1 aromatic rings. The van der Waals surface area contributed by atoms with Crippen LogP contribution in [0.1, 0.15) is 48.9 Å². The van der Waals surface area contributed by atoms with Gasteiger partial charge in [-0.1, -0.05) is 12.1 Å². The van der Waals surface area contributed by atoms with Crippen LogP contribution in [0.15, 0.2) is 24.3 Å². The van der Waals surface area contributed by atoms with E-state index in [0.29, 0.717) is 24.1 Å². The van der Waals surface area contributed by atoms with E-state index in [-0.39, 0.29) is 43.0 Å². The summed E-state index contributed by atoms with van der Waals surface area (Å²) in [6.45, 7) is 0.264. The van der Waals surface area contributed by atoms with Crippen LogP contribution in [-0.2, 0) is 4.79 Å². The van der Waals surface area contributed by atoms with Gasteiger partial charge in [-0.05, 0) is 44.2 Å². The number of carbonyl (C=O) groups excluding carboxylic acids is 3. The van der Waals surface area contributed by atoms with E-state index in [2.05, 4.69) is 5.32 Å². The van der Waals surface area contributed by atoms with Crippen LogP contribution < -0.4 is 10.2 Å². The van der Waals surface area contributed by atoms with Crippen LogP contribution in [0.5, 0.6) is 0 Å². The Bertz CT molecular complexity index is 736. The first kappa shape index (κ1) is 17.0. The third kappa shape index (κ3) is 2.96. The molecule has 2 bridgehead atoms. The quantitative estimate of drug-likeness (QED) is 0.842. The van der Waals surface area contributed by atoms with Gasteiger partial charge in [0.25, 0.3) is 5.91 Å². The van der Waals surface area contributed by atoms with E-state index in [1.807, 2.05) is 4.90 Å². The first-order valence-corrected chi connectivity index (χ1v) is 9.25. The normalized spacial score (nSPS) is 28.7. The molecule has 1 unspecified atom stereocenters. The monoisotopic (exact) mass is 357 g/mol. The SMILES string of the molecule is O=C1CCN(c2ccccc2C(=O)N2[C@@H]3CCC[C@H]2CC(O)C3)C(=O)N1. The number of hydrogen-bond donors (Lipinski definition) is 2. The maximum Gasteiger partial charge on any atom is 0.328 e. The summed E-state index contributed by atoms with van der Waals surface area (Å²) < 4.78 is 0. The average Bonchev–Trinajstić information content (AvgIpc) is 2.60. The molecule has 7 heteroatoms. The molecule has 0 aromatic heterocycles. The molecular formula is C19H23N3O4. The lowest BCUT2D eigenvalue weighted by atomic mass is 9.82. The molecule has 0 aliphatic carbocycles. The van der Waals surface area contributed by atoms with Crippen molar-refractivity contribution < 1.29 is 19.5 Å². The molecule has 3 aliphatic heterocycles. The average molecular weight is 357 g/mol. The highest BCUT2D eigenvalue weighted by atomic mass is 16.3. The van der Waals surface area contributed by atoms with Crippen LogP contribution in [0, 0.1) is 0 Å². The maximum absolute atomic E-state index is 13.4. The van der Waals surface area contributed by atoms with Gasteiger partial charge in [-0.3, -0.25) is 19.8 Å². The lowest BCUT2D eigenvalue weighted by Gasteiger charge is -2.48. The summed E-state index contributed by atoms with van der Waals surface area (Å²) in [5, 5.41) is 12.4. The fraction of sp³-hybridized carbons (Fsp3) is 0.526. The Morgan fingerprint density at radius 1 is 1.12 bits per heavy atom. The summed E-state index contributed by atoms with van der Waals surface area (Å²) in [4.78, 5) is 40.4. The van der Waals surface area contributed by atoms with Crippen molar-refractivity contribution >= 4 is 23.5 Å². The predicted octanol–water partition coefficient (Wildman–Crippen LogP) is 1.65. The smallest absolute Gasteiger partial charge is 0.328 e. The molecule has 138 valence electrons. The largest absolute Gasteiger partial charge is 0.393 e. The van der Waals surface area contributed by atoms with Crippen LogP contribution in [0.25, 0.3) is 0 Å². The summed E-state index contributed by atoms with van der Waals surface area (Å²) in [6, 6.07) is 6.68. The van der Waals surface area contributed by atoms with E-state index < -0.39 is 6.03 Å². The van der Waals surface area contributed by atoms with Crippen molar-refractivity contribution in [3.05, 3.63) is 29.8 Å². The topological polar surface area (TPSA) is 90.0 Å². The highest BCUT2D eigenvalue weighted by molar-refractivity contribution is 6.09. The van der Waals surface area contributed by atoms with Gasteiger partial charge < -0.3 is 10.0 Å². The lowest BCUT2D eigenvalue weighted by Crippen LogP contribution is -2.56. The van der Waals surface area contributed by atoms with Crippen LogP contribution >= 0.6 is 0 Å². The summed E-state index contributed by atoms with van der Waals surface area (Å²) in [5.74, 6) is -0.387. The van der Waals surface area contributed by atoms with E-state index >= 15 is 0 Å². The maximum atomic E-state index is 13.4. The first-order chi connectivity index (χ1) is 12.5. The predicted molar refractivity (Wildman–Crippen MR) is 94.8 cm³/mol. The number of hydrogen-bond acceptors (Lipinski definition) is 4. The van der Waals surface area contributed by atoms with Gasteiger partial charge in [-0.2, -0.15) is 0 Å². The molecule has 3 heterocycles. The fourth-order valence-corrected chi connectivity index (χ4v) is 4.51. The minimum absolute atomic E-state index is 0.0508. The van der Waals surface area contributed by atoms with Crippen LogP contribution in [0.4, 0.5) is 10.5 Å². The van der Waals surface area contributed by atoms with Gasteiger partial charge in [0.1, 0.15) is 0 Å². The minimum atomic E-state index is -0.490. The number of para-hydroxylation sites is 1. The number of carbonyl (C=O) groups is 3. The van der Waals surface area contributed by atoms with E-state index in [1.54, 1.807) is 24.3 Å². The van der Waals surface area contributed by atoms with E-state index in [1.165, 1.54) is 4.90 Å². The standard InChI is InChI=1S/C19H23N3O4/c23-14-10-12-4-3-5-13(11-14)22(12)18(25)15-6-1-2-7-16(15)21-9-8-17(24)20-19(21)26/h1-2,6-7,12-14,23H,3-5,8-11H2,(H,20,24,26)/t12-,13+,14?. The highest BCUT2D eigenvalue weighted by Gasteiger charge is 2.41. The van der Waals surface area contributed by atoms with Crippen molar-refractivity contribution in [3.63, 3.8) is 0 Å². The lowest BCUT2D eigenvalue weighted by molar-refractivity contribution is -0.120. The van der Waals surface area contributed by atoms with E-state index in [4.69, 9.17) is 0 Å². The molecule has 4 rings (SSSR count). The molecule has 0 radical (unpaired) electrons. The summed E-state index contributed by atoms with van der Waals surface area (Å²) in [5.41, 5.74) is 1.01. The molecule has 2 N–H and O–H groups in total. The summed E-state index contributed by atoms with van der Waals surface area (Å²) in [6.07, 6.45) is 3.98. The Balaban J connectivity index is 1.65. The molecule has 3 fully saturated rings. The third-order valence-electron chi connectivity index (χ3n) is 5.66. The molecule has 3 aliphatic rings. The number of urea groups is 1. The van der Waals surface area contributed by atoms with Gasteiger partial charge in [0.15, 0.2) is 0 Å². The fourth-order valence-electron chi connectivity index (χ4n) is 4.51. The molecule has 0 spiro atoms. The zero-order valence-corrected chi connectivity index (χ0v) is 14.6. The van der Waals surface area contributed by atoms with Crippen LogP contribution in [0.3, 0.4) is 0 Å².